The molecule has 86 valence electrons. The van der Waals surface area contributed by atoms with Crippen molar-refractivity contribution in [3.8, 4) is 0 Å². The summed E-state index contributed by atoms with van der Waals surface area (Å²) in [5.41, 5.74) is 0.299. The fourth-order valence-corrected chi connectivity index (χ4v) is 2.96. The van der Waals surface area contributed by atoms with Crippen molar-refractivity contribution in [1.29, 1.82) is 0 Å². The summed E-state index contributed by atoms with van der Waals surface area (Å²) in [6.07, 6.45) is 2.41. The van der Waals surface area contributed by atoms with Crippen LogP contribution in [0.25, 0.3) is 0 Å². The second-order valence-corrected chi connectivity index (χ2v) is 4.95. The van der Waals surface area contributed by atoms with Crippen LogP contribution in [0.2, 0.25) is 0 Å². The van der Waals surface area contributed by atoms with Crippen molar-refractivity contribution < 1.29 is 8.78 Å². The van der Waals surface area contributed by atoms with Gasteiger partial charge in [-0.2, -0.15) is 0 Å². The third kappa shape index (κ3) is 2.77. The highest BCUT2D eigenvalue weighted by Gasteiger charge is 2.36. The van der Waals surface area contributed by atoms with Gasteiger partial charge in [-0.15, -0.1) is 11.3 Å². The van der Waals surface area contributed by atoms with Crippen LogP contribution in [-0.4, -0.2) is 0 Å². The minimum Gasteiger partial charge on any atom is -0.201 e. The van der Waals surface area contributed by atoms with E-state index in [1.54, 1.807) is 6.07 Å². The van der Waals surface area contributed by atoms with Crippen molar-refractivity contribution in [2.75, 3.05) is 0 Å². The number of fused-ring (bicyclic) bond motifs is 1. The SMILES string of the molecule is CC.Cc1cc2c(s1)CCCCC2(F)F. The van der Waals surface area contributed by atoms with Crippen molar-refractivity contribution in [3.63, 3.8) is 0 Å². The molecule has 0 unspecified atom stereocenters. The molecular weight excluding hydrogens is 214 g/mol. The predicted octanol–water partition coefficient (Wildman–Crippen LogP) is 4.90. The zero-order valence-corrected chi connectivity index (χ0v) is 10.4. The van der Waals surface area contributed by atoms with E-state index in [0.29, 0.717) is 12.0 Å². The van der Waals surface area contributed by atoms with Gasteiger partial charge in [0.05, 0.1) is 0 Å². The topological polar surface area (TPSA) is 0 Å². The Morgan fingerprint density at radius 3 is 2.60 bits per heavy atom. The predicted molar refractivity (Wildman–Crippen MR) is 61.9 cm³/mol. The molecule has 3 heteroatoms. The minimum absolute atomic E-state index is 0.0240. The molecule has 0 atom stereocenters. The molecule has 0 bridgehead atoms. The molecule has 0 spiro atoms. The van der Waals surface area contributed by atoms with E-state index in [1.807, 2.05) is 20.8 Å². The molecule has 0 nitrogen and oxygen atoms in total. The van der Waals surface area contributed by atoms with Crippen LogP contribution in [0.3, 0.4) is 0 Å². The summed E-state index contributed by atoms with van der Waals surface area (Å²) in [5.74, 6) is -2.57. The molecule has 1 aromatic heterocycles. The summed E-state index contributed by atoms with van der Waals surface area (Å²) >= 11 is 1.53. The monoisotopic (exact) mass is 232 g/mol. The summed E-state index contributed by atoms with van der Waals surface area (Å²) < 4.78 is 27.0. The highest BCUT2D eigenvalue weighted by Crippen LogP contribution is 2.42. The van der Waals surface area contributed by atoms with E-state index in [0.717, 1.165) is 22.6 Å². The quantitative estimate of drug-likeness (QED) is 0.558. The van der Waals surface area contributed by atoms with Crippen molar-refractivity contribution in [2.24, 2.45) is 0 Å². The van der Waals surface area contributed by atoms with E-state index >= 15 is 0 Å². The maximum atomic E-state index is 13.5. The largest absolute Gasteiger partial charge is 0.274 e. The molecule has 0 saturated carbocycles. The van der Waals surface area contributed by atoms with Crippen LogP contribution in [0.5, 0.6) is 0 Å². The van der Waals surface area contributed by atoms with Crippen molar-refractivity contribution in [3.05, 3.63) is 21.4 Å². The van der Waals surface area contributed by atoms with Crippen molar-refractivity contribution in [2.45, 2.75) is 52.4 Å². The van der Waals surface area contributed by atoms with Gasteiger partial charge in [0.1, 0.15) is 0 Å². The molecule has 0 fully saturated rings. The first-order chi connectivity index (χ1) is 7.09. The Bertz CT molecular complexity index is 315. The molecule has 0 N–H and O–H groups in total. The van der Waals surface area contributed by atoms with Crippen LogP contribution in [-0.2, 0) is 12.3 Å². The number of halogens is 2. The summed E-state index contributed by atoms with van der Waals surface area (Å²) in [4.78, 5) is 1.91. The van der Waals surface area contributed by atoms with Crippen LogP contribution in [0.4, 0.5) is 8.78 Å². The maximum absolute atomic E-state index is 13.5. The first-order valence-corrected chi connectivity index (χ1v) is 6.39. The van der Waals surface area contributed by atoms with Crippen molar-refractivity contribution >= 4 is 11.3 Å². The van der Waals surface area contributed by atoms with Gasteiger partial charge in [-0.3, -0.25) is 0 Å². The van der Waals surface area contributed by atoms with Crippen LogP contribution < -0.4 is 0 Å². The molecule has 0 saturated heterocycles. The van der Waals surface area contributed by atoms with Gasteiger partial charge < -0.3 is 0 Å². The number of thiophene rings is 1. The summed E-state index contributed by atoms with van der Waals surface area (Å²) in [6.45, 7) is 5.90. The smallest absolute Gasteiger partial charge is 0.201 e. The highest BCUT2D eigenvalue weighted by atomic mass is 32.1. The molecule has 1 aromatic rings. The Morgan fingerprint density at radius 2 is 1.93 bits per heavy atom. The molecule has 0 radical (unpaired) electrons. The number of hydrogen-bond acceptors (Lipinski definition) is 1. The van der Waals surface area contributed by atoms with E-state index in [9.17, 15) is 8.78 Å². The third-order valence-electron chi connectivity index (χ3n) is 2.47. The standard InChI is InChI=1S/C10H12F2S.C2H6/c1-7-6-8-9(13-7)4-2-3-5-10(8,11)12;1-2/h6H,2-5H2,1H3;1-2H3. The summed E-state index contributed by atoms with van der Waals surface area (Å²) in [5, 5.41) is 0. The van der Waals surface area contributed by atoms with Crippen LogP contribution in [0.1, 0.15) is 48.4 Å². The van der Waals surface area contributed by atoms with Crippen LogP contribution in [0.15, 0.2) is 6.07 Å². The number of alkyl halides is 2. The number of rotatable bonds is 0. The molecule has 1 aliphatic rings. The van der Waals surface area contributed by atoms with E-state index in [-0.39, 0.29) is 6.42 Å². The molecule has 0 aromatic carbocycles. The Labute approximate surface area is 94.3 Å². The van der Waals surface area contributed by atoms with Crippen LogP contribution >= 0.6 is 11.3 Å². The van der Waals surface area contributed by atoms with Gasteiger partial charge in [0.25, 0.3) is 5.92 Å². The Morgan fingerprint density at radius 1 is 1.27 bits per heavy atom. The zero-order valence-electron chi connectivity index (χ0n) is 9.57. The van der Waals surface area contributed by atoms with Gasteiger partial charge >= 0.3 is 0 Å². The van der Waals surface area contributed by atoms with Gasteiger partial charge in [-0.25, -0.2) is 8.78 Å². The summed E-state index contributed by atoms with van der Waals surface area (Å²) in [6, 6.07) is 1.66. The molecule has 1 heterocycles. The first-order valence-electron chi connectivity index (χ1n) is 5.57. The lowest BCUT2D eigenvalue weighted by Gasteiger charge is -2.13. The van der Waals surface area contributed by atoms with Crippen LogP contribution in [0, 0.1) is 6.92 Å². The maximum Gasteiger partial charge on any atom is 0.274 e. The fourth-order valence-electron chi connectivity index (χ4n) is 1.83. The van der Waals surface area contributed by atoms with E-state index in [4.69, 9.17) is 0 Å². The average Bonchev–Trinajstić information content (AvgIpc) is 2.53. The second kappa shape index (κ2) is 5.06. The Kier molecular flexibility index (Phi) is 4.26. The van der Waals surface area contributed by atoms with Gasteiger partial charge in [0.15, 0.2) is 0 Å². The average molecular weight is 232 g/mol. The van der Waals surface area contributed by atoms with E-state index in [2.05, 4.69) is 0 Å². The van der Waals surface area contributed by atoms with Gasteiger partial charge in [-0.1, -0.05) is 13.8 Å². The lowest BCUT2D eigenvalue weighted by Crippen LogP contribution is -2.11. The van der Waals surface area contributed by atoms with Gasteiger partial charge in [0.2, 0.25) is 0 Å². The molecule has 1 aliphatic carbocycles. The third-order valence-corrected chi connectivity index (χ3v) is 3.58. The lowest BCUT2D eigenvalue weighted by atomic mass is 10.1. The number of hydrogen-bond donors (Lipinski definition) is 0. The minimum atomic E-state index is -2.57. The molecule has 2 rings (SSSR count). The molecule has 0 amide bonds. The zero-order chi connectivity index (χ0) is 11.5. The fraction of sp³-hybridized carbons (Fsp3) is 0.667. The molecular formula is C12H18F2S. The van der Waals surface area contributed by atoms with E-state index in [1.165, 1.54) is 11.3 Å². The molecule has 0 aliphatic heterocycles. The lowest BCUT2D eigenvalue weighted by molar-refractivity contribution is -0.0133. The second-order valence-electron chi connectivity index (χ2n) is 3.61. The molecule has 15 heavy (non-hydrogen) atoms. The summed E-state index contributed by atoms with van der Waals surface area (Å²) in [7, 11) is 0. The van der Waals surface area contributed by atoms with Gasteiger partial charge in [0, 0.05) is 21.7 Å². The Hall–Kier alpha value is -0.440. The normalized spacial score (nSPS) is 18.5. The highest BCUT2D eigenvalue weighted by molar-refractivity contribution is 7.12. The van der Waals surface area contributed by atoms with Crippen molar-refractivity contribution in [1.82, 2.24) is 0 Å². The van der Waals surface area contributed by atoms with E-state index < -0.39 is 5.92 Å². The first kappa shape index (κ1) is 12.6. The number of aryl methyl sites for hydroxylation is 2. The Balaban J connectivity index is 0.000000531. The van der Waals surface area contributed by atoms with Gasteiger partial charge in [-0.05, 0) is 32.3 Å².